The van der Waals surface area contributed by atoms with E-state index in [1.54, 1.807) is 13.3 Å². The number of hydrogen-bond donors (Lipinski definition) is 3. The van der Waals surface area contributed by atoms with Crippen molar-refractivity contribution < 1.29 is 4.42 Å². The molecule has 0 saturated carbocycles. The van der Waals surface area contributed by atoms with E-state index in [1.165, 1.54) is 18.6 Å². The number of aromatic amines is 1. The third-order valence-electron chi connectivity index (χ3n) is 3.44. The van der Waals surface area contributed by atoms with Crippen LogP contribution in [0.15, 0.2) is 27.8 Å². The van der Waals surface area contributed by atoms with Crippen molar-refractivity contribution in [3.8, 4) is 11.6 Å². The van der Waals surface area contributed by atoms with Crippen LogP contribution in [0.5, 0.6) is 0 Å². The number of nitrogens with one attached hydrogen (secondary N) is 3. The lowest BCUT2D eigenvalue weighted by Gasteiger charge is -2.13. The first-order valence-corrected chi connectivity index (χ1v) is 8.41. The Morgan fingerprint density at radius 2 is 2.50 bits per heavy atom. The minimum Gasteiger partial charge on any atom is -0.461 e. The Balaban J connectivity index is 1.48. The van der Waals surface area contributed by atoms with Crippen molar-refractivity contribution in [2.45, 2.75) is 24.6 Å². The summed E-state index contributed by atoms with van der Waals surface area (Å²) in [7, 11) is 1.77. The van der Waals surface area contributed by atoms with Gasteiger partial charge < -0.3 is 15.1 Å². The van der Waals surface area contributed by atoms with E-state index in [2.05, 4.69) is 30.8 Å². The van der Waals surface area contributed by atoms with Crippen molar-refractivity contribution in [2.75, 3.05) is 19.3 Å². The molecular weight excluding hydrogens is 300 g/mol. The fourth-order valence-corrected chi connectivity index (χ4v) is 3.50. The van der Waals surface area contributed by atoms with E-state index >= 15 is 0 Å². The highest BCUT2D eigenvalue weighted by Crippen LogP contribution is 2.25. The molecule has 1 unspecified atom stereocenters. The molecule has 8 heteroatoms. The van der Waals surface area contributed by atoms with E-state index in [4.69, 9.17) is 4.42 Å². The van der Waals surface area contributed by atoms with Crippen molar-refractivity contribution >= 4 is 17.7 Å². The molecule has 3 rings (SSSR count). The smallest absolute Gasteiger partial charge is 0.216 e. The summed E-state index contributed by atoms with van der Waals surface area (Å²) in [4.78, 5) is 8.61. The Morgan fingerprint density at radius 1 is 1.55 bits per heavy atom. The molecule has 3 N–H and O–H groups in total. The zero-order valence-electron chi connectivity index (χ0n) is 12.5. The van der Waals surface area contributed by atoms with Crippen LogP contribution < -0.4 is 10.6 Å². The van der Waals surface area contributed by atoms with Crippen LogP contribution in [0.25, 0.3) is 11.6 Å². The largest absolute Gasteiger partial charge is 0.461 e. The third kappa shape index (κ3) is 3.82. The quantitative estimate of drug-likeness (QED) is 0.573. The lowest BCUT2D eigenvalue weighted by Crippen LogP contribution is -2.39. The minimum atomic E-state index is 0.533. The molecule has 1 fully saturated rings. The van der Waals surface area contributed by atoms with Crippen molar-refractivity contribution in [2.24, 2.45) is 4.99 Å². The SMILES string of the molecule is CN=C(NCc1nc(-c2ccco2)n[nH]1)NCC1CCCS1. The number of furan rings is 1. The number of thioether (sulfide) groups is 1. The highest BCUT2D eigenvalue weighted by atomic mass is 32.2. The molecule has 22 heavy (non-hydrogen) atoms. The molecule has 0 amide bonds. The lowest BCUT2D eigenvalue weighted by atomic mass is 10.2. The number of guanidine groups is 1. The summed E-state index contributed by atoms with van der Waals surface area (Å²) in [5.41, 5.74) is 0. The van der Waals surface area contributed by atoms with Crippen LogP contribution in [-0.2, 0) is 6.54 Å². The average Bonchev–Trinajstić information content (AvgIpc) is 3.29. The van der Waals surface area contributed by atoms with Crippen molar-refractivity contribution in [1.29, 1.82) is 0 Å². The second-order valence-electron chi connectivity index (χ2n) is 5.02. The number of rotatable bonds is 5. The van der Waals surface area contributed by atoms with E-state index in [0.29, 0.717) is 23.4 Å². The first kappa shape index (κ1) is 15.0. The summed E-state index contributed by atoms with van der Waals surface area (Å²) >= 11 is 2.03. The molecule has 3 heterocycles. The van der Waals surface area contributed by atoms with Gasteiger partial charge in [-0.05, 0) is 30.7 Å². The summed E-state index contributed by atoms with van der Waals surface area (Å²) in [6.07, 6.45) is 4.20. The standard InChI is InChI=1S/C14H20N6OS/c1-15-14(16-8-10-4-3-7-22-10)17-9-12-18-13(20-19-12)11-5-2-6-21-11/h2,5-6,10H,3-4,7-9H2,1H3,(H2,15,16,17)(H,18,19,20). The van der Waals surface area contributed by atoms with Crippen molar-refractivity contribution in [3.05, 3.63) is 24.2 Å². The van der Waals surface area contributed by atoms with Gasteiger partial charge >= 0.3 is 0 Å². The van der Waals surface area contributed by atoms with Gasteiger partial charge in [-0.2, -0.15) is 11.8 Å². The van der Waals surface area contributed by atoms with Crippen LogP contribution in [-0.4, -0.2) is 45.7 Å². The molecule has 1 aliphatic heterocycles. The Morgan fingerprint density at radius 3 is 3.23 bits per heavy atom. The monoisotopic (exact) mass is 320 g/mol. The van der Waals surface area contributed by atoms with Crippen LogP contribution in [0, 0.1) is 0 Å². The van der Waals surface area contributed by atoms with Crippen LogP contribution in [0.2, 0.25) is 0 Å². The van der Waals surface area contributed by atoms with Crippen molar-refractivity contribution in [1.82, 2.24) is 25.8 Å². The summed E-state index contributed by atoms with van der Waals surface area (Å²) in [5, 5.41) is 14.3. The fraction of sp³-hybridized carbons (Fsp3) is 0.500. The van der Waals surface area contributed by atoms with Gasteiger partial charge in [0.15, 0.2) is 11.7 Å². The van der Waals surface area contributed by atoms with Gasteiger partial charge in [-0.3, -0.25) is 10.1 Å². The molecule has 1 saturated heterocycles. The molecule has 1 atom stereocenters. The molecule has 7 nitrogen and oxygen atoms in total. The zero-order chi connectivity index (χ0) is 15.2. The Labute approximate surface area is 133 Å². The maximum atomic E-state index is 5.27. The topological polar surface area (TPSA) is 91.1 Å². The maximum Gasteiger partial charge on any atom is 0.216 e. The molecule has 2 aromatic heterocycles. The van der Waals surface area contributed by atoms with Crippen LogP contribution in [0.4, 0.5) is 0 Å². The van der Waals surface area contributed by atoms with Gasteiger partial charge in [-0.15, -0.1) is 5.10 Å². The summed E-state index contributed by atoms with van der Waals surface area (Å²) in [6, 6.07) is 3.65. The van der Waals surface area contributed by atoms with Gasteiger partial charge in [0.2, 0.25) is 5.82 Å². The lowest BCUT2D eigenvalue weighted by molar-refractivity contribution is 0.577. The highest BCUT2D eigenvalue weighted by molar-refractivity contribution is 8.00. The van der Waals surface area contributed by atoms with E-state index < -0.39 is 0 Å². The highest BCUT2D eigenvalue weighted by Gasteiger charge is 2.15. The molecular formula is C14H20N6OS. The number of nitrogens with zero attached hydrogens (tertiary/aromatic N) is 3. The van der Waals surface area contributed by atoms with Gasteiger partial charge in [-0.1, -0.05) is 0 Å². The average molecular weight is 320 g/mol. The molecule has 0 aliphatic carbocycles. The van der Waals surface area contributed by atoms with E-state index in [0.717, 1.165) is 18.3 Å². The molecule has 0 spiro atoms. The van der Waals surface area contributed by atoms with Gasteiger partial charge in [0.1, 0.15) is 5.82 Å². The van der Waals surface area contributed by atoms with Crippen molar-refractivity contribution in [3.63, 3.8) is 0 Å². The van der Waals surface area contributed by atoms with Gasteiger partial charge in [0, 0.05) is 18.8 Å². The van der Waals surface area contributed by atoms with Crippen LogP contribution in [0.1, 0.15) is 18.7 Å². The van der Waals surface area contributed by atoms with Gasteiger partial charge in [0.25, 0.3) is 0 Å². The predicted octanol–water partition coefficient (Wildman–Crippen LogP) is 1.63. The molecule has 1 aliphatic rings. The number of aliphatic imine (C=N–C) groups is 1. The van der Waals surface area contributed by atoms with Crippen LogP contribution >= 0.6 is 11.8 Å². The molecule has 0 aromatic carbocycles. The van der Waals surface area contributed by atoms with E-state index in [1.807, 2.05) is 23.9 Å². The summed E-state index contributed by atoms with van der Waals surface area (Å²) in [5.74, 6) is 4.01. The fourth-order valence-electron chi connectivity index (χ4n) is 2.29. The Hall–Kier alpha value is -1.96. The second-order valence-corrected chi connectivity index (χ2v) is 6.43. The number of H-pyrrole nitrogens is 1. The molecule has 2 aromatic rings. The number of aromatic nitrogens is 3. The van der Waals surface area contributed by atoms with E-state index in [-0.39, 0.29) is 0 Å². The first-order valence-electron chi connectivity index (χ1n) is 7.36. The number of hydrogen-bond acceptors (Lipinski definition) is 5. The van der Waals surface area contributed by atoms with Gasteiger partial charge in [0.05, 0.1) is 12.8 Å². The van der Waals surface area contributed by atoms with Crippen LogP contribution in [0.3, 0.4) is 0 Å². The molecule has 118 valence electrons. The summed E-state index contributed by atoms with van der Waals surface area (Å²) < 4.78 is 5.27. The van der Waals surface area contributed by atoms with Gasteiger partial charge in [-0.25, -0.2) is 4.98 Å². The normalized spacial score (nSPS) is 18.6. The second kappa shape index (κ2) is 7.35. The minimum absolute atomic E-state index is 0.533. The Kier molecular flexibility index (Phi) is 4.99. The predicted molar refractivity (Wildman–Crippen MR) is 87.8 cm³/mol. The zero-order valence-corrected chi connectivity index (χ0v) is 13.3. The summed E-state index contributed by atoms with van der Waals surface area (Å²) in [6.45, 7) is 1.48. The molecule has 0 bridgehead atoms. The first-order chi connectivity index (χ1) is 10.8. The maximum absolute atomic E-state index is 5.27. The third-order valence-corrected chi connectivity index (χ3v) is 4.84. The molecule has 0 radical (unpaired) electrons. The Bertz CT molecular complexity index is 603. The van der Waals surface area contributed by atoms with E-state index in [9.17, 15) is 0 Å².